The maximum atomic E-state index is 8.85. The molecule has 2 N–H and O–H groups in total. The predicted molar refractivity (Wildman–Crippen MR) is 96.5 cm³/mol. The van der Waals surface area contributed by atoms with E-state index in [2.05, 4.69) is 55.5 Å². The van der Waals surface area contributed by atoms with Crippen molar-refractivity contribution in [3.8, 4) is 22.6 Å². The van der Waals surface area contributed by atoms with Gasteiger partial charge in [-0.3, -0.25) is 0 Å². The van der Waals surface area contributed by atoms with E-state index in [1.165, 1.54) is 31.9 Å². The van der Waals surface area contributed by atoms with Gasteiger partial charge in [-0.25, -0.2) is 0 Å². The second-order valence-corrected chi connectivity index (χ2v) is 7.50. The van der Waals surface area contributed by atoms with Crippen LogP contribution in [0.25, 0.3) is 11.1 Å². The minimum absolute atomic E-state index is 0.0602. The van der Waals surface area contributed by atoms with Gasteiger partial charge in [-0.2, -0.15) is 0 Å². The molecule has 0 aromatic heterocycles. The molecule has 0 fully saturated rings. The summed E-state index contributed by atoms with van der Waals surface area (Å²) in [7, 11) is 0. The van der Waals surface area contributed by atoms with Crippen LogP contribution in [0.2, 0.25) is 0 Å². The SMILES string of the molecule is Cc1ccc(-c2ccccc2)[c]([Pb])c1.Cc1ccc(O)c(O)c1. The Balaban J connectivity index is 0.000000185. The second kappa shape index (κ2) is 8.15. The Hall–Kier alpha value is -1.82. The topological polar surface area (TPSA) is 40.5 Å². The fourth-order valence-corrected chi connectivity index (χ4v) is 3.93. The Labute approximate surface area is 153 Å². The van der Waals surface area contributed by atoms with Crippen LogP contribution in [-0.4, -0.2) is 36.0 Å². The van der Waals surface area contributed by atoms with Gasteiger partial charge < -0.3 is 10.2 Å². The van der Waals surface area contributed by atoms with Crippen molar-refractivity contribution in [1.29, 1.82) is 0 Å². The summed E-state index contributed by atoms with van der Waals surface area (Å²) >= 11 is 1.11. The molecular weight excluding hydrogens is 479 g/mol. The number of benzene rings is 3. The van der Waals surface area contributed by atoms with E-state index in [1.54, 1.807) is 6.07 Å². The molecule has 0 aliphatic carbocycles. The molecule has 115 valence electrons. The first-order chi connectivity index (χ1) is 11.0. The van der Waals surface area contributed by atoms with E-state index in [1.807, 2.05) is 6.92 Å². The molecule has 0 atom stereocenters. The first-order valence-corrected chi connectivity index (χ1v) is 9.28. The molecule has 0 unspecified atom stereocenters. The molecule has 3 aromatic rings. The normalized spacial score (nSPS) is 9.87. The molecule has 0 amide bonds. The monoisotopic (exact) mass is 499 g/mol. The number of rotatable bonds is 1. The number of aromatic hydroxyl groups is 2. The Morgan fingerprint density at radius 1 is 0.696 bits per heavy atom. The number of aryl methyl sites for hydroxylation is 2. The van der Waals surface area contributed by atoms with Crippen molar-refractivity contribution in [3.63, 3.8) is 0 Å². The number of phenols is 2. The number of phenolic OH excluding ortho intramolecular Hbond substituents is 2. The van der Waals surface area contributed by atoms with Gasteiger partial charge in [-0.05, 0) is 24.6 Å². The van der Waals surface area contributed by atoms with Gasteiger partial charge in [-0.1, -0.05) is 6.07 Å². The summed E-state index contributed by atoms with van der Waals surface area (Å²) < 4.78 is 1.48. The van der Waals surface area contributed by atoms with E-state index in [4.69, 9.17) is 10.2 Å². The van der Waals surface area contributed by atoms with Crippen LogP contribution in [0.3, 0.4) is 0 Å². The van der Waals surface area contributed by atoms with Crippen molar-refractivity contribution in [2.45, 2.75) is 13.8 Å². The molecule has 0 saturated carbocycles. The van der Waals surface area contributed by atoms with Gasteiger partial charge in [0.2, 0.25) is 0 Å². The van der Waals surface area contributed by atoms with Crippen LogP contribution in [0.1, 0.15) is 11.1 Å². The molecule has 23 heavy (non-hydrogen) atoms. The third-order valence-electron chi connectivity index (χ3n) is 3.39. The minimum atomic E-state index is -0.0689. The molecule has 0 bridgehead atoms. The average Bonchev–Trinajstić information content (AvgIpc) is 2.53. The smallest absolute Gasteiger partial charge is 0.157 e. The van der Waals surface area contributed by atoms with Crippen molar-refractivity contribution in [1.82, 2.24) is 0 Å². The number of hydrogen-bond acceptors (Lipinski definition) is 2. The van der Waals surface area contributed by atoms with Crippen LogP contribution < -0.4 is 3.12 Å². The zero-order valence-corrected chi connectivity index (χ0v) is 17.1. The van der Waals surface area contributed by atoms with Gasteiger partial charge >= 0.3 is 101 Å². The van der Waals surface area contributed by atoms with E-state index >= 15 is 0 Å². The van der Waals surface area contributed by atoms with Crippen LogP contribution >= 0.6 is 0 Å². The fourth-order valence-electron chi connectivity index (χ4n) is 2.16. The summed E-state index contributed by atoms with van der Waals surface area (Å²) in [4.78, 5) is 0. The molecule has 2 nitrogen and oxygen atoms in total. The first-order valence-electron chi connectivity index (χ1n) is 7.33. The first kappa shape index (κ1) is 17.5. The second-order valence-electron chi connectivity index (χ2n) is 5.41. The summed E-state index contributed by atoms with van der Waals surface area (Å²) in [6.45, 7) is 4.00. The molecule has 0 saturated heterocycles. The summed E-state index contributed by atoms with van der Waals surface area (Å²) in [6.07, 6.45) is 0. The molecule has 3 radical (unpaired) electrons. The van der Waals surface area contributed by atoms with E-state index < -0.39 is 0 Å². The standard InChI is InChI=1S/C13H11.C7H8O2.Pb/c1-11-7-9-13(10-8-11)12-5-3-2-4-6-12;1-5-2-3-6(8)7(9)4-5;/h2-9H,1H3;2-4,8-9H,1H3;. The average molecular weight is 499 g/mol. The van der Waals surface area contributed by atoms with E-state index in [-0.39, 0.29) is 11.5 Å². The van der Waals surface area contributed by atoms with Crippen molar-refractivity contribution in [3.05, 3.63) is 77.9 Å². The fraction of sp³-hybridized carbons (Fsp3) is 0.100. The van der Waals surface area contributed by atoms with E-state index in [0.717, 1.165) is 31.3 Å². The Morgan fingerprint density at radius 3 is 1.87 bits per heavy atom. The maximum absolute atomic E-state index is 8.85. The quantitative estimate of drug-likeness (QED) is 0.395. The Kier molecular flexibility index (Phi) is 6.21. The third kappa shape index (κ3) is 5.10. The molecule has 0 heterocycles. The van der Waals surface area contributed by atoms with Crippen LogP contribution in [0, 0.1) is 13.8 Å². The Bertz CT molecular complexity index is 783. The van der Waals surface area contributed by atoms with Crippen molar-refractivity contribution >= 4 is 28.9 Å². The van der Waals surface area contributed by atoms with Gasteiger partial charge in [0.15, 0.2) is 11.5 Å². The van der Waals surface area contributed by atoms with Crippen LogP contribution in [-0.2, 0) is 0 Å². The van der Waals surface area contributed by atoms with Crippen molar-refractivity contribution in [2.75, 3.05) is 0 Å². The van der Waals surface area contributed by atoms with Gasteiger partial charge in [0, 0.05) is 0 Å². The molecule has 3 aromatic carbocycles. The van der Waals surface area contributed by atoms with Gasteiger partial charge in [0.1, 0.15) is 0 Å². The van der Waals surface area contributed by atoms with Gasteiger partial charge in [-0.15, -0.1) is 0 Å². The van der Waals surface area contributed by atoms with Gasteiger partial charge in [0.25, 0.3) is 0 Å². The molecule has 3 rings (SSSR count). The van der Waals surface area contributed by atoms with Crippen molar-refractivity contribution < 1.29 is 10.2 Å². The molecular formula is C20H19O2Pb. The largest absolute Gasteiger partial charge is 0.504 e. The number of hydrogen-bond donors (Lipinski definition) is 2. The van der Waals surface area contributed by atoms with Gasteiger partial charge in [0.05, 0.1) is 0 Å². The zero-order valence-electron chi connectivity index (χ0n) is 13.2. The van der Waals surface area contributed by atoms with Crippen LogP contribution in [0.15, 0.2) is 66.7 Å². The van der Waals surface area contributed by atoms with Crippen molar-refractivity contribution in [2.24, 2.45) is 0 Å². The summed E-state index contributed by atoms with van der Waals surface area (Å²) in [6, 6.07) is 22.0. The molecule has 3 heteroatoms. The molecule has 0 aliphatic heterocycles. The predicted octanol–water partition coefficient (Wildman–Crippen LogP) is 3.86. The molecule has 0 spiro atoms. The maximum Gasteiger partial charge on any atom is 0.157 e. The summed E-state index contributed by atoms with van der Waals surface area (Å²) in [5.74, 6) is -0.129. The van der Waals surface area contributed by atoms with E-state index in [0.29, 0.717) is 0 Å². The summed E-state index contributed by atoms with van der Waals surface area (Å²) in [5, 5.41) is 17.6. The van der Waals surface area contributed by atoms with Crippen LogP contribution in [0.5, 0.6) is 11.5 Å². The van der Waals surface area contributed by atoms with E-state index in [9.17, 15) is 0 Å². The molecule has 0 aliphatic rings. The Morgan fingerprint density at radius 2 is 1.30 bits per heavy atom. The third-order valence-corrected chi connectivity index (χ3v) is 5.00. The minimum Gasteiger partial charge on any atom is -0.504 e. The summed E-state index contributed by atoms with van der Waals surface area (Å²) in [5.41, 5.74) is 5.01. The van der Waals surface area contributed by atoms with Crippen LogP contribution in [0.4, 0.5) is 0 Å². The zero-order chi connectivity index (χ0) is 16.8.